The molecule has 1 aromatic heterocycles. The van der Waals surface area contributed by atoms with Gasteiger partial charge in [-0.1, -0.05) is 12.1 Å². The molecule has 1 aliphatic heterocycles. The van der Waals surface area contributed by atoms with Gasteiger partial charge in [0, 0.05) is 6.20 Å². The second-order valence-corrected chi connectivity index (χ2v) is 4.55. The molecule has 4 nitrogen and oxygen atoms in total. The number of nitrogens with zero attached hydrogens (tertiary/aromatic N) is 1. The molecule has 1 atom stereocenters. The van der Waals surface area contributed by atoms with Crippen molar-refractivity contribution in [1.82, 2.24) is 15.5 Å². The summed E-state index contributed by atoms with van der Waals surface area (Å²) in [6.07, 6.45) is 3.98. The maximum absolute atomic E-state index is 5.64. The van der Waals surface area contributed by atoms with Crippen LogP contribution in [0.1, 0.15) is 29.3 Å². The number of aromatic amines is 1. The SMILES string of the molecule is CNC(c1ccc2c(c1)CCCO2)c1ccn[nH]1. The van der Waals surface area contributed by atoms with Crippen LogP contribution in [0, 0.1) is 0 Å². The topological polar surface area (TPSA) is 49.9 Å². The van der Waals surface area contributed by atoms with Gasteiger partial charge in [0.05, 0.1) is 18.3 Å². The molecule has 1 unspecified atom stereocenters. The first-order valence-corrected chi connectivity index (χ1v) is 6.30. The molecule has 0 amide bonds. The first-order chi connectivity index (χ1) is 8.88. The van der Waals surface area contributed by atoms with Crippen molar-refractivity contribution in [1.29, 1.82) is 0 Å². The Morgan fingerprint density at radius 2 is 2.33 bits per heavy atom. The Kier molecular flexibility index (Phi) is 3.02. The highest BCUT2D eigenvalue weighted by Gasteiger charge is 2.17. The zero-order chi connectivity index (χ0) is 12.4. The minimum Gasteiger partial charge on any atom is -0.493 e. The molecule has 2 N–H and O–H groups in total. The number of fused-ring (bicyclic) bond motifs is 1. The lowest BCUT2D eigenvalue weighted by Crippen LogP contribution is -2.19. The zero-order valence-corrected chi connectivity index (χ0v) is 10.4. The number of aryl methyl sites for hydroxylation is 1. The van der Waals surface area contributed by atoms with Crippen LogP contribution in [0.15, 0.2) is 30.5 Å². The van der Waals surface area contributed by atoms with Crippen molar-refractivity contribution >= 4 is 0 Å². The van der Waals surface area contributed by atoms with Crippen LogP contribution >= 0.6 is 0 Å². The van der Waals surface area contributed by atoms with Crippen molar-refractivity contribution < 1.29 is 4.74 Å². The second-order valence-electron chi connectivity index (χ2n) is 4.55. The highest BCUT2D eigenvalue weighted by Crippen LogP contribution is 2.29. The fraction of sp³-hybridized carbons (Fsp3) is 0.357. The number of ether oxygens (including phenoxy) is 1. The van der Waals surface area contributed by atoms with Gasteiger partial charge in [0.15, 0.2) is 0 Å². The monoisotopic (exact) mass is 243 g/mol. The minimum absolute atomic E-state index is 0.153. The first-order valence-electron chi connectivity index (χ1n) is 6.30. The molecule has 0 spiro atoms. The molecule has 2 aromatic rings. The van der Waals surface area contributed by atoms with Crippen molar-refractivity contribution in [3.8, 4) is 5.75 Å². The lowest BCUT2D eigenvalue weighted by atomic mass is 9.98. The van der Waals surface area contributed by atoms with Crippen LogP contribution in [0.5, 0.6) is 5.75 Å². The minimum atomic E-state index is 0.153. The van der Waals surface area contributed by atoms with Gasteiger partial charge in [-0.05, 0) is 43.1 Å². The summed E-state index contributed by atoms with van der Waals surface area (Å²) in [7, 11) is 1.96. The normalized spacial score (nSPS) is 15.8. The Labute approximate surface area is 106 Å². The van der Waals surface area contributed by atoms with E-state index in [2.05, 4.69) is 33.7 Å². The van der Waals surface area contributed by atoms with Crippen molar-refractivity contribution in [3.05, 3.63) is 47.3 Å². The fourth-order valence-electron chi connectivity index (χ4n) is 2.49. The van der Waals surface area contributed by atoms with Crippen LogP contribution in [0.3, 0.4) is 0 Å². The predicted molar refractivity (Wildman–Crippen MR) is 69.7 cm³/mol. The molecule has 2 heterocycles. The van der Waals surface area contributed by atoms with Crippen LogP contribution < -0.4 is 10.1 Å². The van der Waals surface area contributed by atoms with E-state index in [-0.39, 0.29) is 6.04 Å². The van der Waals surface area contributed by atoms with E-state index < -0.39 is 0 Å². The molecule has 0 radical (unpaired) electrons. The van der Waals surface area contributed by atoms with Gasteiger partial charge in [-0.3, -0.25) is 5.10 Å². The van der Waals surface area contributed by atoms with Gasteiger partial charge in [0.2, 0.25) is 0 Å². The third-order valence-electron chi connectivity index (χ3n) is 3.39. The summed E-state index contributed by atoms with van der Waals surface area (Å²) in [6, 6.07) is 8.57. The number of hydrogen-bond acceptors (Lipinski definition) is 3. The van der Waals surface area contributed by atoms with E-state index in [0.717, 1.165) is 30.9 Å². The molecule has 94 valence electrons. The Hall–Kier alpha value is -1.81. The summed E-state index contributed by atoms with van der Waals surface area (Å²) in [4.78, 5) is 0. The van der Waals surface area contributed by atoms with Crippen molar-refractivity contribution in [2.45, 2.75) is 18.9 Å². The van der Waals surface area contributed by atoms with Crippen LogP contribution in [0.2, 0.25) is 0 Å². The molecule has 0 saturated carbocycles. The first kappa shape index (κ1) is 11.3. The molecule has 0 saturated heterocycles. The van der Waals surface area contributed by atoms with E-state index in [1.165, 1.54) is 11.1 Å². The number of hydrogen-bond donors (Lipinski definition) is 2. The van der Waals surface area contributed by atoms with E-state index in [4.69, 9.17) is 4.74 Å². The summed E-state index contributed by atoms with van der Waals surface area (Å²) in [5.41, 5.74) is 3.62. The predicted octanol–water partition coefficient (Wildman–Crippen LogP) is 2.04. The van der Waals surface area contributed by atoms with Gasteiger partial charge in [-0.2, -0.15) is 5.10 Å². The number of benzene rings is 1. The van der Waals surface area contributed by atoms with E-state index in [9.17, 15) is 0 Å². The van der Waals surface area contributed by atoms with Crippen LogP contribution in [0.25, 0.3) is 0 Å². The Balaban J connectivity index is 1.95. The maximum atomic E-state index is 5.64. The van der Waals surface area contributed by atoms with Gasteiger partial charge in [0.25, 0.3) is 0 Å². The quantitative estimate of drug-likeness (QED) is 0.867. The van der Waals surface area contributed by atoms with E-state index >= 15 is 0 Å². The second kappa shape index (κ2) is 4.82. The van der Waals surface area contributed by atoms with E-state index in [1.54, 1.807) is 6.20 Å². The van der Waals surface area contributed by atoms with Gasteiger partial charge in [-0.15, -0.1) is 0 Å². The van der Waals surface area contributed by atoms with E-state index in [0.29, 0.717) is 0 Å². The van der Waals surface area contributed by atoms with Gasteiger partial charge < -0.3 is 10.1 Å². The van der Waals surface area contributed by atoms with Crippen molar-refractivity contribution in [3.63, 3.8) is 0 Å². The van der Waals surface area contributed by atoms with Gasteiger partial charge >= 0.3 is 0 Å². The van der Waals surface area contributed by atoms with Crippen molar-refractivity contribution in [2.75, 3.05) is 13.7 Å². The Morgan fingerprint density at radius 3 is 3.11 bits per heavy atom. The summed E-state index contributed by atoms with van der Waals surface area (Å²) >= 11 is 0. The zero-order valence-electron chi connectivity index (χ0n) is 10.4. The molecular weight excluding hydrogens is 226 g/mol. The van der Waals surface area contributed by atoms with Crippen LogP contribution in [0.4, 0.5) is 0 Å². The molecule has 1 aromatic carbocycles. The highest BCUT2D eigenvalue weighted by molar-refractivity contribution is 5.41. The average molecular weight is 243 g/mol. The maximum Gasteiger partial charge on any atom is 0.122 e. The fourth-order valence-corrected chi connectivity index (χ4v) is 2.49. The van der Waals surface area contributed by atoms with Gasteiger partial charge in [-0.25, -0.2) is 0 Å². The standard InChI is InChI=1S/C14H17N3O/c1-15-14(12-6-7-16-17-12)11-4-5-13-10(9-11)3-2-8-18-13/h4-7,9,14-15H,2-3,8H2,1H3,(H,16,17). The molecule has 18 heavy (non-hydrogen) atoms. The molecule has 4 heteroatoms. The third-order valence-corrected chi connectivity index (χ3v) is 3.39. The Morgan fingerprint density at radius 1 is 1.39 bits per heavy atom. The van der Waals surface area contributed by atoms with Crippen molar-refractivity contribution in [2.24, 2.45) is 0 Å². The summed E-state index contributed by atoms with van der Waals surface area (Å²) in [6.45, 7) is 0.836. The molecular formula is C14H17N3O. The van der Waals surface area contributed by atoms with Gasteiger partial charge in [0.1, 0.15) is 5.75 Å². The third kappa shape index (κ3) is 1.99. The molecule has 0 bridgehead atoms. The summed E-state index contributed by atoms with van der Waals surface area (Å²) < 4.78 is 5.64. The summed E-state index contributed by atoms with van der Waals surface area (Å²) in [5, 5.41) is 10.4. The summed E-state index contributed by atoms with van der Waals surface area (Å²) in [5.74, 6) is 1.03. The number of aromatic nitrogens is 2. The molecule has 0 fully saturated rings. The highest BCUT2D eigenvalue weighted by atomic mass is 16.5. The average Bonchev–Trinajstić information content (AvgIpc) is 2.93. The molecule has 1 aliphatic rings. The van der Waals surface area contributed by atoms with E-state index in [1.807, 2.05) is 13.1 Å². The molecule has 3 rings (SSSR count). The molecule has 0 aliphatic carbocycles. The lowest BCUT2D eigenvalue weighted by molar-refractivity contribution is 0.288. The number of nitrogens with one attached hydrogen (secondary N) is 2. The van der Waals surface area contributed by atoms with Crippen LogP contribution in [-0.2, 0) is 6.42 Å². The largest absolute Gasteiger partial charge is 0.493 e. The van der Waals surface area contributed by atoms with Crippen LogP contribution in [-0.4, -0.2) is 23.9 Å². The smallest absolute Gasteiger partial charge is 0.122 e. The number of H-pyrrole nitrogens is 1. The number of rotatable bonds is 3. The lowest BCUT2D eigenvalue weighted by Gasteiger charge is -2.21. The Bertz CT molecular complexity index is 522.